The Bertz CT molecular complexity index is 499. The maximum Gasteiger partial charge on any atom is 0.338 e. The fourth-order valence-electron chi connectivity index (χ4n) is 1.75. The fraction of sp³-hybridized carbons (Fsp3) is 0.500. The summed E-state index contributed by atoms with van der Waals surface area (Å²) < 4.78 is 26.4. The zero-order chi connectivity index (χ0) is 17.8. The van der Waals surface area contributed by atoms with Gasteiger partial charge in [-0.05, 0) is 18.2 Å². The molecule has 1 aromatic rings. The number of hydrogen-bond acceptors (Lipinski definition) is 7. The third kappa shape index (κ3) is 7.45. The van der Waals surface area contributed by atoms with E-state index in [1.807, 2.05) is 0 Å². The number of alkyl halides is 1. The van der Waals surface area contributed by atoms with Gasteiger partial charge in [0.1, 0.15) is 12.4 Å². The van der Waals surface area contributed by atoms with Gasteiger partial charge in [-0.15, -0.1) is 0 Å². The molecule has 0 saturated carbocycles. The molecule has 0 spiro atoms. The molecule has 0 aliphatic heterocycles. The lowest BCUT2D eigenvalue weighted by Crippen LogP contribution is -2.12. The summed E-state index contributed by atoms with van der Waals surface area (Å²) in [5.74, 6) is -0.758. The highest BCUT2D eigenvalue weighted by Crippen LogP contribution is 2.19. The predicted molar refractivity (Wildman–Crippen MR) is 95.1 cm³/mol. The Morgan fingerprint density at radius 1 is 0.833 bits per heavy atom. The van der Waals surface area contributed by atoms with Crippen molar-refractivity contribution in [3.05, 3.63) is 29.3 Å². The first-order valence-electron chi connectivity index (χ1n) is 7.28. The van der Waals surface area contributed by atoms with Gasteiger partial charge in [-0.1, -0.05) is 22.6 Å². The van der Waals surface area contributed by atoms with Crippen LogP contribution in [0.2, 0.25) is 0 Å². The van der Waals surface area contributed by atoms with Crippen molar-refractivity contribution in [3.63, 3.8) is 0 Å². The molecule has 1 aromatic carbocycles. The quantitative estimate of drug-likeness (QED) is 0.220. The van der Waals surface area contributed by atoms with Crippen LogP contribution in [0, 0.1) is 0 Å². The molecule has 0 fully saturated rings. The van der Waals surface area contributed by atoms with Crippen LogP contribution in [0.25, 0.3) is 0 Å². The first-order chi connectivity index (χ1) is 11.6. The van der Waals surface area contributed by atoms with Crippen molar-refractivity contribution in [2.75, 3.05) is 51.7 Å². The van der Waals surface area contributed by atoms with E-state index in [1.165, 1.54) is 32.4 Å². The summed E-state index contributed by atoms with van der Waals surface area (Å²) in [7, 11) is 2.53. The van der Waals surface area contributed by atoms with Crippen LogP contribution in [0.15, 0.2) is 18.2 Å². The summed E-state index contributed by atoms with van der Waals surface area (Å²) in [6, 6.07) is 4.40. The van der Waals surface area contributed by atoms with Crippen molar-refractivity contribution in [1.29, 1.82) is 0 Å². The number of rotatable bonds is 11. The molecule has 0 aromatic heterocycles. The number of ether oxygens (including phenoxy) is 5. The molecule has 134 valence electrons. The van der Waals surface area contributed by atoms with Crippen molar-refractivity contribution in [2.45, 2.75) is 0 Å². The summed E-state index contributed by atoms with van der Waals surface area (Å²) in [6.45, 7) is 2.36. The molecular formula is C16H21IO7. The van der Waals surface area contributed by atoms with Gasteiger partial charge in [0.05, 0.1) is 51.8 Å². The Morgan fingerprint density at radius 2 is 1.33 bits per heavy atom. The number of carbonyl (C=O) groups is 2. The molecule has 0 saturated heterocycles. The molecule has 0 atom stereocenters. The first-order valence-corrected chi connectivity index (χ1v) is 8.81. The predicted octanol–water partition coefficient (Wildman–Crippen LogP) is 2.11. The largest absolute Gasteiger partial charge is 0.491 e. The molecule has 1 rings (SSSR count). The summed E-state index contributed by atoms with van der Waals surface area (Å²) in [4.78, 5) is 23.3. The SMILES string of the molecule is COC(=O)c1cc(OCCOCCOCCI)cc(C(=O)OC)c1. The maximum absolute atomic E-state index is 11.7. The number of esters is 2. The molecule has 0 aliphatic rings. The topological polar surface area (TPSA) is 80.3 Å². The second-order valence-corrected chi connectivity index (χ2v) is 5.57. The molecule has 24 heavy (non-hydrogen) atoms. The molecule has 0 bridgehead atoms. The van der Waals surface area contributed by atoms with Gasteiger partial charge in [0.2, 0.25) is 0 Å². The lowest BCUT2D eigenvalue weighted by molar-refractivity contribution is 0.0416. The fourth-order valence-corrected chi connectivity index (χ4v) is 2.06. The Labute approximate surface area is 154 Å². The molecular weight excluding hydrogens is 431 g/mol. The Hall–Kier alpha value is -1.39. The summed E-state index contributed by atoms with van der Waals surface area (Å²) in [5.41, 5.74) is 0.423. The molecule has 8 heteroatoms. The molecule has 0 amide bonds. The number of carbonyl (C=O) groups excluding carboxylic acids is 2. The number of hydrogen-bond donors (Lipinski definition) is 0. The highest BCUT2D eigenvalue weighted by molar-refractivity contribution is 14.1. The minimum atomic E-state index is -0.561. The second-order valence-electron chi connectivity index (χ2n) is 4.49. The standard InChI is InChI=1S/C16H21IO7/c1-20-15(18)12-9-13(16(19)21-2)11-14(10-12)24-8-7-23-6-5-22-4-3-17/h9-11H,3-8H2,1-2H3. The van der Waals surface area contributed by atoms with Crippen molar-refractivity contribution in [2.24, 2.45) is 0 Å². The molecule has 0 heterocycles. The van der Waals surface area contributed by atoms with Gasteiger partial charge in [0, 0.05) is 4.43 Å². The van der Waals surface area contributed by atoms with Gasteiger partial charge >= 0.3 is 11.9 Å². The van der Waals surface area contributed by atoms with E-state index in [2.05, 4.69) is 32.1 Å². The van der Waals surface area contributed by atoms with Gasteiger partial charge in [-0.2, -0.15) is 0 Å². The van der Waals surface area contributed by atoms with Crippen LogP contribution in [-0.2, 0) is 18.9 Å². The highest BCUT2D eigenvalue weighted by Gasteiger charge is 2.14. The van der Waals surface area contributed by atoms with E-state index in [0.29, 0.717) is 32.2 Å². The summed E-state index contributed by atoms with van der Waals surface area (Å²) in [5, 5.41) is 0. The first kappa shape index (κ1) is 20.7. The minimum absolute atomic E-state index is 0.212. The number of methoxy groups -OCH3 is 2. The van der Waals surface area contributed by atoms with E-state index in [0.717, 1.165) is 4.43 Å². The van der Waals surface area contributed by atoms with Crippen LogP contribution in [-0.4, -0.2) is 63.6 Å². The van der Waals surface area contributed by atoms with Gasteiger partial charge in [-0.25, -0.2) is 9.59 Å². The van der Waals surface area contributed by atoms with Crippen LogP contribution in [0.1, 0.15) is 20.7 Å². The maximum atomic E-state index is 11.7. The average Bonchev–Trinajstić information content (AvgIpc) is 2.62. The normalized spacial score (nSPS) is 10.3. The smallest absolute Gasteiger partial charge is 0.338 e. The lowest BCUT2D eigenvalue weighted by atomic mass is 10.1. The molecule has 0 unspecified atom stereocenters. The van der Waals surface area contributed by atoms with Gasteiger partial charge < -0.3 is 23.7 Å². The zero-order valence-electron chi connectivity index (χ0n) is 13.7. The van der Waals surface area contributed by atoms with Crippen LogP contribution in [0.5, 0.6) is 5.75 Å². The van der Waals surface area contributed by atoms with Crippen molar-refractivity contribution in [3.8, 4) is 5.75 Å². The monoisotopic (exact) mass is 452 g/mol. The van der Waals surface area contributed by atoms with Crippen molar-refractivity contribution < 1.29 is 33.3 Å². The molecule has 0 radical (unpaired) electrons. The van der Waals surface area contributed by atoms with Gasteiger partial charge in [-0.3, -0.25) is 0 Å². The van der Waals surface area contributed by atoms with Crippen molar-refractivity contribution in [1.82, 2.24) is 0 Å². The second kappa shape index (κ2) is 12.0. The molecule has 7 nitrogen and oxygen atoms in total. The highest BCUT2D eigenvalue weighted by atomic mass is 127. The lowest BCUT2D eigenvalue weighted by Gasteiger charge is -2.10. The Morgan fingerprint density at radius 3 is 1.83 bits per heavy atom. The van der Waals surface area contributed by atoms with E-state index < -0.39 is 11.9 Å². The van der Waals surface area contributed by atoms with E-state index in [1.54, 1.807) is 0 Å². The van der Waals surface area contributed by atoms with Gasteiger partial charge in [0.25, 0.3) is 0 Å². The van der Waals surface area contributed by atoms with Crippen LogP contribution >= 0.6 is 22.6 Å². The van der Waals surface area contributed by atoms with E-state index in [4.69, 9.17) is 14.2 Å². The Balaban J connectivity index is 2.54. The summed E-state index contributed by atoms with van der Waals surface area (Å²) >= 11 is 2.24. The third-order valence-corrected chi connectivity index (χ3v) is 3.28. The zero-order valence-corrected chi connectivity index (χ0v) is 15.9. The van der Waals surface area contributed by atoms with E-state index in [9.17, 15) is 9.59 Å². The number of benzene rings is 1. The summed E-state index contributed by atoms with van der Waals surface area (Å²) in [6.07, 6.45) is 0. The van der Waals surface area contributed by atoms with Crippen LogP contribution < -0.4 is 4.74 Å². The number of halogens is 1. The van der Waals surface area contributed by atoms with Gasteiger partial charge in [0.15, 0.2) is 0 Å². The third-order valence-electron chi connectivity index (χ3n) is 2.84. The van der Waals surface area contributed by atoms with E-state index >= 15 is 0 Å². The van der Waals surface area contributed by atoms with Crippen LogP contribution in [0.3, 0.4) is 0 Å². The van der Waals surface area contributed by atoms with Crippen LogP contribution in [0.4, 0.5) is 0 Å². The Kier molecular flexibility index (Phi) is 10.4. The van der Waals surface area contributed by atoms with E-state index in [-0.39, 0.29) is 17.7 Å². The molecule has 0 N–H and O–H groups in total. The van der Waals surface area contributed by atoms with Crippen molar-refractivity contribution >= 4 is 34.5 Å². The average molecular weight is 452 g/mol. The minimum Gasteiger partial charge on any atom is -0.491 e. The molecule has 0 aliphatic carbocycles.